The van der Waals surface area contributed by atoms with E-state index in [9.17, 15) is 19.8 Å². The van der Waals surface area contributed by atoms with E-state index in [1.165, 1.54) is 12.8 Å². The van der Waals surface area contributed by atoms with Gasteiger partial charge in [0.1, 0.15) is 5.75 Å². The molecule has 6 rings (SSSR count). The van der Waals surface area contributed by atoms with Crippen LogP contribution in [0.5, 0.6) is 5.75 Å². The molecule has 2 atom stereocenters. The smallest absolute Gasteiger partial charge is 0.251 e. The van der Waals surface area contributed by atoms with E-state index in [1.54, 1.807) is 13.8 Å². The van der Waals surface area contributed by atoms with E-state index in [0.717, 1.165) is 57.5 Å². The fourth-order valence-corrected chi connectivity index (χ4v) is 7.85. The van der Waals surface area contributed by atoms with Crippen molar-refractivity contribution in [2.24, 2.45) is 34.5 Å². The number of rotatable bonds is 9. The third-order valence-corrected chi connectivity index (χ3v) is 9.80. The predicted molar refractivity (Wildman–Crippen MR) is 141 cm³/mol. The summed E-state index contributed by atoms with van der Waals surface area (Å²) in [6.07, 6.45) is 8.41. The van der Waals surface area contributed by atoms with Gasteiger partial charge in [0.25, 0.3) is 5.91 Å². The number of nitrogens with one attached hydrogen (secondary N) is 1. The molecule has 0 aromatic heterocycles. The first-order valence-electron chi connectivity index (χ1n) is 14.3. The molecule has 1 aromatic rings. The van der Waals surface area contributed by atoms with Crippen molar-refractivity contribution < 1.29 is 24.5 Å². The standard InChI is InChI=1S/C30H44N2O5/c1-29(2,18-33)28(36)32-9-6-20(7-10-32)8-11-37-25-5-3-4-22(14-25)27(35)31-26-23-12-21-13-24(26)17-30(15-21,16-23)19-34/h3-5,14,20-21,23-24,26,33-34H,6-13,15-19H2,1-2H3,(H,31,35). The highest BCUT2D eigenvalue weighted by Gasteiger charge is 2.55. The third-order valence-electron chi connectivity index (χ3n) is 9.80. The van der Waals surface area contributed by atoms with E-state index < -0.39 is 5.41 Å². The summed E-state index contributed by atoms with van der Waals surface area (Å²) in [6, 6.07) is 7.71. The Kier molecular flexibility index (Phi) is 7.56. The number of carbonyl (C=O) groups excluding carboxylic acids is 2. The summed E-state index contributed by atoms with van der Waals surface area (Å²) in [5.74, 6) is 2.91. The summed E-state index contributed by atoms with van der Waals surface area (Å²) in [4.78, 5) is 27.6. The van der Waals surface area contributed by atoms with Gasteiger partial charge in [-0.05, 0) is 112 Å². The lowest BCUT2D eigenvalue weighted by atomic mass is 9.48. The molecule has 204 valence electrons. The fourth-order valence-electron chi connectivity index (χ4n) is 7.85. The number of likely N-dealkylation sites (tertiary alicyclic amines) is 1. The molecule has 2 unspecified atom stereocenters. The number of hydrogen-bond donors (Lipinski definition) is 3. The van der Waals surface area contributed by atoms with E-state index in [4.69, 9.17) is 4.74 Å². The van der Waals surface area contributed by atoms with E-state index in [-0.39, 0.29) is 36.5 Å². The molecule has 5 aliphatic rings. The zero-order valence-corrected chi connectivity index (χ0v) is 22.5. The van der Waals surface area contributed by atoms with Crippen molar-refractivity contribution in [2.75, 3.05) is 32.9 Å². The van der Waals surface area contributed by atoms with Crippen molar-refractivity contribution in [3.63, 3.8) is 0 Å². The Balaban J connectivity index is 1.09. The Bertz CT molecular complexity index is 970. The summed E-state index contributed by atoms with van der Waals surface area (Å²) in [5, 5.41) is 22.8. The number of carbonyl (C=O) groups is 2. The van der Waals surface area contributed by atoms with E-state index in [2.05, 4.69) is 5.32 Å². The minimum atomic E-state index is -0.717. The molecule has 0 radical (unpaired) electrons. The van der Waals surface area contributed by atoms with Gasteiger partial charge in [0.05, 0.1) is 18.6 Å². The molecule has 3 N–H and O–H groups in total. The van der Waals surface area contributed by atoms with Crippen LogP contribution in [0.1, 0.15) is 75.6 Å². The Morgan fingerprint density at radius 3 is 2.46 bits per heavy atom. The minimum absolute atomic E-state index is 0.0242. The summed E-state index contributed by atoms with van der Waals surface area (Å²) in [7, 11) is 0. The second-order valence-corrected chi connectivity index (χ2v) is 13.1. The van der Waals surface area contributed by atoms with Crippen LogP contribution in [0, 0.1) is 34.5 Å². The largest absolute Gasteiger partial charge is 0.494 e. The van der Waals surface area contributed by atoms with Gasteiger partial charge in [0, 0.05) is 31.3 Å². The van der Waals surface area contributed by atoms with Crippen LogP contribution in [0.15, 0.2) is 24.3 Å². The lowest BCUT2D eigenvalue weighted by Gasteiger charge is -2.59. The second kappa shape index (κ2) is 10.6. The lowest BCUT2D eigenvalue weighted by Crippen LogP contribution is -2.60. The summed E-state index contributed by atoms with van der Waals surface area (Å²) in [5.41, 5.74) is 0.0278. The van der Waals surface area contributed by atoms with Crippen LogP contribution in [0.2, 0.25) is 0 Å². The van der Waals surface area contributed by atoms with Gasteiger partial charge in [-0.3, -0.25) is 9.59 Å². The van der Waals surface area contributed by atoms with Crippen molar-refractivity contribution in [1.82, 2.24) is 10.2 Å². The molecule has 4 saturated carbocycles. The van der Waals surface area contributed by atoms with Crippen molar-refractivity contribution in [1.29, 1.82) is 0 Å². The molecule has 7 heteroatoms. The minimum Gasteiger partial charge on any atom is -0.494 e. The predicted octanol–water partition coefficient (Wildman–Crippen LogP) is 3.63. The van der Waals surface area contributed by atoms with Crippen molar-refractivity contribution in [3.05, 3.63) is 29.8 Å². The number of hydrogen-bond acceptors (Lipinski definition) is 5. The molecule has 4 aliphatic carbocycles. The van der Waals surface area contributed by atoms with E-state index in [0.29, 0.717) is 35.7 Å². The summed E-state index contributed by atoms with van der Waals surface area (Å²) < 4.78 is 6.04. The Labute approximate surface area is 221 Å². The van der Waals surface area contributed by atoms with Gasteiger partial charge in [-0.2, -0.15) is 0 Å². The summed E-state index contributed by atoms with van der Waals surface area (Å²) >= 11 is 0. The lowest BCUT2D eigenvalue weighted by molar-refractivity contribution is -0.143. The quantitative estimate of drug-likeness (QED) is 0.469. The maximum atomic E-state index is 13.2. The highest BCUT2D eigenvalue weighted by atomic mass is 16.5. The van der Waals surface area contributed by atoms with Gasteiger partial charge >= 0.3 is 0 Å². The van der Waals surface area contributed by atoms with Crippen LogP contribution in [0.3, 0.4) is 0 Å². The highest BCUT2D eigenvalue weighted by molar-refractivity contribution is 5.94. The van der Waals surface area contributed by atoms with Gasteiger partial charge in [-0.1, -0.05) is 6.07 Å². The SMILES string of the molecule is CC(C)(CO)C(=O)N1CCC(CCOc2cccc(C(=O)NC3C4CC5CC3CC(CO)(C5)C4)c2)CC1. The number of aliphatic hydroxyl groups excluding tert-OH is 2. The molecule has 2 amide bonds. The monoisotopic (exact) mass is 512 g/mol. The molecule has 37 heavy (non-hydrogen) atoms. The van der Waals surface area contributed by atoms with Crippen molar-refractivity contribution >= 4 is 11.8 Å². The van der Waals surface area contributed by atoms with Crippen molar-refractivity contribution in [3.8, 4) is 5.75 Å². The van der Waals surface area contributed by atoms with Crippen molar-refractivity contribution in [2.45, 2.75) is 71.3 Å². The molecule has 1 heterocycles. The van der Waals surface area contributed by atoms with Crippen LogP contribution in [0.4, 0.5) is 0 Å². The maximum absolute atomic E-state index is 13.2. The molecule has 1 saturated heterocycles. The van der Waals surface area contributed by atoms with Crippen LogP contribution < -0.4 is 10.1 Å². The Morgan fingerprint density at radius 2 is 1.81 bits per heavy atom. The first-order chi connectivity index (χ1) is 17.7. The molecule has 4 bridgehead atoms. The molecular formula is C30H44N2O5. The molecule has 7 nitrogen and oxygen atoms in total. The Hall–Kier alpha value is -2.12. The van der Waals surface area contributed by atoms with Gasteiger partial charge in [-0.15, -0.1) is 0 Å². The number of ether oxygens (including phenoxy) is 1. The summed E-state index contributed by atoms with van der Waals surface area (Å²) in [6.45, 7) is 5.78. The highest BCUT2D eigenvalue weighted by Crippen LogP contribution is 2.59. The molecule has 1 aliphatic heterocycles. The average molecular weight is 513 g/mol. The van der Waals surface area contributed by atoms with Crippen LogP contribution in [-0.4, -0.2) is 65.9 Å². The van der Waals surface area contributed by atoms with Crippen LogP contribution >= 0.6 is 0 Å². The number of amides is 2. The normalized spacial score (nSPS) is 31.4. The number of nitrogens with zero attached hydrogens (tertiary/aromatic N) is 1. The Morgan fingerprint density at radius 1 is 1.11 bits per heavy atom. The van der Waals surface area contributed by atoms with Gasteiger partial charge in [0.15, 0.2) is 0 Å². The first-order valence-corrected chi connectivity index (χ1v) is 14.3. The second-order valence-electron chi connectivity index (χ2n) is 13.1. The first kappa shape index (κ1) is 26.5. The van der Waals surface area contributed by atoms with E-state index in [1.807, 2.05) is 29.2 Å². The van der Waals surface area contributed by atoms with Crippen LogP contribution in [0.25, 0.3) is 0 Å². The average Bonchev–Trinajstić information content (AvgIpc) is 2.90. The molecule has 1 aromatic carbocycles. The number of piperidine rings is 1. The molecule has 0 spiro atoms. The maximum Gasteiger partial charge on any atom is 0.251 e. The topological polar surface area (TPSA) is 99.1 Å². The van der Waals surface area contributed by atoms with E-state index >= 15 is 0 Å². The van der Waals surface area contributed by atoms with Crippen LogP contribution in [-0.2, 0) is 4.79 Å². The number of benzene rings is 1. The molecule has 5 fully saturated rings. The molecular weight excluding hydrogens is 468 g/mol. The number of aliphatic hydroxyl groups is 2. The van der Waals surface area contributed by atoms with Gasteiger partial charge in [0.2, 0.25) is 5.91 Å². The fraction of sp³-hybridized carbons (Fsp3) is 0.733. The zero-order chi connectivity index (χ0) is 26.2. The van der Waals surface area contributed by atoms with Gasteiger partial charge in [-0.25, -0.2) is 0 Å². The third kappa shape index (κ3) is 5.53. The zero-order valence-electron chi connectivity index (χ0n) is 22.5. The van der Waals surface area contributed by atoms with Gasteiger partial charge < -0.3 is 25.2 Å².